The first-order valence-corrected chi connectivity index (χ1v) is 3.99. The van der Waals surface area contributed by atoms with Gasteiger partial charge in [-0.25, -0.2) is 0 Å². The van der Waals surface area contributed by atoms with Crippen LogP contribution >= 0.6 is 0 Å². The molecular formula is C11H11NO. The maximum absolute atomic E-state index is 10.8. The van der Waals surface area contributed by atoms with Gasteiger partial charge in [0, 0.05) is 5.56 Å². The van der Waals surface area contributed by atoms with E-state index in [2.05, 4.69) is 0 Å². The minimum absolute atomic E-state index is 0.418. The maximum atomic E-state index is 10.8. The van der Waals surface area contributed by atoms with Crippen LogP contribution in [-0.2, 0) is 0 Å². The van der Waals surface area contributed by atoms with Gasteiger partial charge in [0.1, 0.15) is 0 Å². The predicted molar refractivity (Wildman–Crippen MR) is 52.6 cm³/mol. The topological polar surface area (TPSA) is 43.1 Å². The molecule has 66 valence electrons. The summed E-state index contributed by atoms with van der Waals surface area (Å²) in [6.45, 7) is 0. The molecule has 1 aromatic carbocycles. The fourth-order valence-corrected chi connectivity index (χ4v) is 0.859. The molecule has 0 heterocycles. The number of hydrogen-bond donors (Lipinski definition) is 1. The van der Waals surface area contributed by atoms with Crippen LogP contribution < -0.4 is 5.73 Å². The average molecular weight is 173 g/mol. The normalized spacial score (nSPS) is 8.62. The van der Waals surface area contributed by atoms with E-state index < -0.39 is 5.91 Å². The van der Waals surface area contributed by atoms with Crippen LogP contribution in [0.1, 0.15) is 10.4 Å². The van der Waals surface area contributed by atoms with Crippen molar-refractivity contribution in [1.29, 1.82) is 0 Å². The second-order valence-electron chi connectivity index (χ2n) is 2.50. The third-order valence-electron chi connectivity index (χ3n) is 1.50. The molecule has 0 aliphatic carbocycles. The highest BCUT2D eigenvalue weighted by atomic mass is 16.1. The number of rotatable bonds is 1. The van der Waals surface area contributed by atoms with Gasteiger partial charge in [0.25, 0.3) is 0 Å². The average Bonchev–Trinajstić information content (AvgIpc) is 2.14. The molecule has 1 aromatic rings. The summed E-state index contributed by atoms with van der Waals surface area (Å²) in [5.74, 6) is -0.418. The minimum Gasteiger partial charge on any atom is -0.366 e. The highest BCUT2D eigenvalue weighted by molar-refractivity contribution is 5.92. The molecule has 0 fully saturated rings. The van der Waals surface area contributed by atoms with E-state index in [0.29, 0.717) is 5.56 Å². The van der Waals surface area contributed by atoms with E-state index >= 15 is 0 Å². The smallest absolute Gasteiger partial charge is 0.248 e. The van der Waals surface area contributed by atoms with E-state index in [0.717, 1.165) is 0 Å². The molecule has 1 amide bonds. The zero-order valence-electron chi connectivity index (χ0n) is 7.18. The van der Waals surface area contributed by atoms with Gasteiger partial charge in [-0.1, -0.05) is 42.5 Å². The molecule has 2 N–H and O–H groups in total. The molecule has 0 aliphatic heterocycles. The van der Waals surface area contributed by atoms with Gasteiger partial charge in [-0.3, -0.25) is 4.79 Å². The highest BCUT2D eigenvalue weighted by Crippen LogP contribution is 1.92. The Kier molecular flexibility index (Phi) is 3.51. The summed E-state index contributed by atoms with van der Waals surface area (Å²) in [6, 6.07) is 16.3. The van der Waals surface area contributed by atoms with Crippen LogP contribution in [0.4, 0.5) is 0 Å². The molecule has 13 heavy (non-hydrogen) atoms. The summed E-state index contributed by atoms with van der Waals surface area (Å²) in [6.07, 6.45) is 0. The van der Waals surface area contributed by atoms with Crippen LogP contribution in [0.25, 0.3) is 0 Å². The second kappa shape index (κ2) is 4.93. The Morgan fingerprint density at radius 1 is 0.846 bits per heavy atom. The molecule has 0 aromatic heterocycles. The van der Waals surface area contributed by atoms with Crippen LogP contribution in [0.15, 0.2) is 54.6 Å². The van der Waals surface area contributed by atoms with Crippen LogP contribution in [-0.4, -0.2) is 5.91 Å². The Labute approximate surface area is 77.3 Å². The van der Waals surface area contributed by atoms with Crippen molar-refractivity contribution in [2.45, 2.75) is 0 Å². The lowest BCUT2D eigenvalue weighted by atomic mass is 10.2. The molecule has 2 heteroatoms. The van der Waals surface area contributed by atoms with Crippen molar-refractivity contribution in [3.63, 3.8) is 0 Å². The van der Waals surface area contributed by atoms with Crippen molar-refractivity contribution in [3.8, 4) is 0 Å². The molecule has 0 aliphatic rings. The van der Waals surface area contributed by atoms with E-state index in [4.69, 9.17) is 5.73 Å². The fourth-order valence-electron chi connectivity index (χ4n) is 0.859. The Balaban J connectivity index is 3.19. The van der Waals surface area contributed by atoms with Crippen molar-refractivity contribution < 1.29 is 4.79 Å². The van der Waals surface area contributed by atoms with Crippen LogP contribution in [0.5, 0.6) is 0 Å². The quantitative estimate of drug-likeness (QED) is 0.692. The van der Waals surface area contributed by atoms with Gasteiger partial charge in [-0.05, 0) is 12.1 Å². The number of primary amides is 1. The van der Waals surface area contributed by atoms with Gasteiger partial charge < -0.3 is 5.73 Å². The van der Waals surface area contributed by atoms with E-state index in [1.54, 1.807) is 24.3 Å². The largest absolute Gasteiger partial charge is 0.366 e. The van der Waals surface area contributed by atoms with Crippen LogP contribution in [0, 0.1) is 0 Å². The lowest BCUT2D eigenvalue weighted by Crippen LogP contribution is -2.09. The lowest BCUT2D eigenvalue weighted by molar-refractivity contribution is 0.100. The van der Waals surface area contributed by atoms with Gasteiger partial charge >= 0.3 is 0 Å². The number of carbonyl (C=O) groups is 1. The molecule has 0 atom stereocenters. The molecule has 0 saturated heterocycles. The van der Waals surface area contributed by atoms with Gasteiger partial charge in [-0.2, -0.15) is 0 Å². The standard InChI is InChI=1S/C11H11NO/c12-11(13)10-8-6-4-2-1-3-5-7-9-10/h1-9H,(H2,12,13). The number of carbonyl (C=O) groups excluding carboxylic acids is 1. The first-order chi connectivity index (χ1) is 6.30. The predicted octanol–water partition coefficient (Wildman–Crippen LogP) is 1.91. The van der Waals surface area contributed by atoms with E-state index in [9.17, 15) is 4.79 Å². The van der Waals surface area contributed by atoms with E-state index in [1.807, 2.05) is 30.3 Å². The molecule has 2 nitrogen and oxygen atoms in total. The molecular weight excluding hydrogens is 162 g/mol. The molecule has 0 saturated carbocycles. The highest BCUT2D eigenvalue weighted by Gasteiger charge is 1.92. The monoisotopic (exact) mass is 173 g/mol. The van der Waals surface area contributed by atoms with Crippen molar-refractivity contribution in [1.82, 2.24) is 0 Å². The first kappa shape index (κ1) is 9.26. The van der Waals surface area contributed by atoms with Crippen LogP contribution in [0.2, 0.25) is 0 Å². The van der Waals surface area contributed by atoms with E-state index in [-0.39, 0.29) is 0 Å². The van der Waals surface area contributed by atoms with Gasteiger partial charge in [0.2, 0.25) is 5.91 Å². The Hall–Kier alpha value is -1.83. The summed E-state index contributed by atoms with van der Waals surface area (Å²) in [4.78, 5) is 10.8. The summed E-state index contributed by atoms with van der Waals surface area (Å²) < 4.78 is 0. The van der Waals surface area contributed by atoms with Gasteiger partial charge in [-0.15, -0.1) is 0 Å². The zero-order valence-corrected chi connectivity index (χ0v) is 7.18. The third-order valence-corrected chi connectivity index (χ3v) is 1.50. The SMILES string of the molecule is NC(=O)c1ccccccccc1. The second-order valence-corrected chi connectivity index (χ2v) is 2.50. The number of hydrogen-bond acceptors (Lipinski definition) is 1. The maximum Gasteiger partial charge on any atom is 0.248 e. The molecule has 1 rings (SSSR count). The van der Waals surface area contributed by atoms with Crippen molar-refractivity contribution in [3.05, 3.63) is 60.2 Å². The van der Waals surface area contributed by atoms with Crippen LogP contribution in [0.3, 0.4) is 0 Å². The van der Waals surface area contributed by atoms with Crippen molar-refractivity contribution >= 4 is 5.91 Å². The molecule has 0 unspecified atom stereocenters. The van der Waals surface area contributed by atoms with Crippen molar-refractivity contribution in [2.75, 3.05) is 0 Å². The minimum atomic E-state index is -0.418. The van der Waals surface area contributed by atoms with Gasteiger partial charge in [0.05, 0.1) is 0 Å². The van der Waals surface area contributed by atoms with Gasteiger partial charge in [0.15, 0.2) is 0 Å². The van der Waals surface area contributed by atoms with E-state index in [1.165, 1.54) is 0 Å². The number of nitrogens with two attached hydrogens (primary N) is 1. The summed E-state index contributed by atoms with van der Waals surface area (Å²) in [7, 11) is 0. The fraction of sp³-hybridized carbons (Fsp3) is 0. The Bertz CT molecular complexity index is 321. The van der Waals surface area contributed by atoms with Crippen molar-refractivity contribution in [2.24, 2.45) is 5.73 Å². The summed E-state index contributed by atoms with van der Waals surface area (Å²) >= 11 is 0. The summed E-state index contributed by atoms with van der Waals surface area (Å²) in [5.41, 5.74) is 5.64. The number of amides is 1. The summed E-state index contributed by atoms with van der Waals surface area (Å²) in [5, 5.41) is 0. The molecule has 0 bridgehead atoms. The third kappa shape index (κ3) is 3.38. The Morgan fingerprint density at radius 3 is 1.62 bits per heavy atom. The zero-order chi connectivity index (χ0) is 9.52. The lowest BCUT2D eigenvalue weighted by Gasteiger charge is -1.87. The Morgan fingerprint density at radius 2 is 1.23 bits per heavy atom. The molecule has 0 radical (unpaired) electrons. The first-order valence-electron chi connectivity index (χ1n) is 3.99. The molecule has 0 spiro atoms.